The predicted molar refractivity (Wildman–Crippen MR) is 114 cm³/mol. The van der Waals surface area contributed by atoms with Crippen molar-refractivity contribution in [2.24, 2.45) is 5.92 Å². The number of aromatic nitrogens is 1. The van der Waals surface area contributed by atoms with Gasteiger partial charge in [0, 0.05) is 27.8 Å². The largest absolute Gasteiger partial charge is 0.464 e. The van der Waals surface area contributed by atoms with E-state index in [1.807, 2.05) is 17.4 Å². The zero-order valence-corrected chi connectivity index (χ0v) is 16.8. The van der Waals surface area contributed by atoms with Crippen molar-refractivity contribution in [2.45, 2.75) is 32.6 Å². The van der Waals surface area contributed by atoms with Crippen LogP contribution in [0.1, 0.15) is 34.9 Å². The Labute approximate surface area is 168 Å². The molecule has 0 bridgehead atoms. The fraction of sp³-hybridized carbons (Fsp3) is 0.261. The van der Waals surface area contributed by atoms with Crippen molar-refractivity contribution in [3.05, 3.63) is 64.2 Å². The van der Waals surface area contributed by atoms with Crippen LogP contribution in [0.15, 0.2) is 47.1 Å². The fourth-order valence-electron chi connectivity index (χ4n) is 4.69. The molecule has 136 valence electrons. The minimum Gasteiger partial charge on any atom is -0.464 e. The van der Waals surface area contributed by atoms with E-state index in [9.17, 15) is 0 Å². The molecule has 27 heavy (non-hydrogen) atoms. The van der Waals surface area contributed by atoms with Crippen molar-refractivity contribution in [2.75, 3.05) is 0 Å². The van der Waals surface area contributed by atoms with Crippen LogP contribution < -0.4 is 0 Å². The van der Waals surface area contributed by atoms with Gasteiger partial charge in [-0.05, 0) is 54.0 Å². The minimum atomic E-state index is 0. The first-order valence-electron chi connectivity index (χ1n) is 9.39. The smallest absolute Gasteiger partial charge is 0.134 e. The van der Waals surface area contributed by atoms with Crippen molar-refractivity contribution < 1.29 is 4.42 Å². The van der Waals surface area contributed by atoms with Crippen molar-refractivity contribution in [3.8, 4) is 22.6 Å². The second-order valence-corrected chi connectivity index (χ2v) is 8.74. The van der Waals surface area contributed by atoms with Crippen LogP contribution >= 0.6 is 23.7 Å². The van der Waals surface area contributed by atoms with Gasteiger partial charge in [0.05, 0.1) is 12.0 Å². The number of thiophene rings is 1. The number of benzene rings is 1. The maximum atomic E-state index is 5.91. The summed E-state index contributed by atoms with van der Waals surface area (Å²) >= 11 is 1.90. The summed E-state index contributed by atoms with van der Waals surface area (Å²) in [5.41, 5.74) is 7.98. The highest BCUT2D eigenvalue weighted by atomic mass is 35.5. The van der Waals surface area contributed by atoms with Crippen molar-refractivity contribution >= 4 is 34.0 Å². The molecule has 3 aromatic heterocycles. The molecule has 0 saturated carbocycles. The van der Waals surface area contributed by atoms with Crippen LogP contribution in [0.5, 0.6) is 0 Å². The molecule has 0 radical (unpaired) electrons. The minimum absolute atomic E-state index is 0. The summed E-state index contributed by atoms with van der Waals surface area (Å²) in [6.07, 6.45) is 6.36. The van der Waals surface area contributed by atoms with Crippen LogP contribution in [0.3, 0.4) is 0 Å². The fourth-order valence-corrected chi connectivity index (χ4v) is 6.09. The molecule has 0 saturated heterocycles. The van der Waals surface area contributed by atoms with E-state index in [-0.39, 0.29) is 12.4 Å². The van der Waals surface area contributed by atoms with Gasteiger partial charge in [0.15, 0.2) is 0 Å². The Hall–Kier alpha value is -2.10. The van der Waals surface area contributed by atoms with Crippen molar-refractivity contribution in [1.29, 1.82) is 0 Å². The predicted octanol–water partition coefficient (Wildman–Crippen LogP) is 6.67. The van der Waals surface area contributed by atoms with Crippen LogP contribution in [0.2, 0.25) is 0 Å². The van der Waals surface area contributed by atoms with Gasteiger partial charge in [-0.3, -0.25) is 0 Å². The van der Waals surface area contributed by atoms with Gasteiger partial charge < -0.3 is 4.42 Å². The zero-order valence-electron chi connectivity index (χ0n) is 15.1. The number of furan rings is 1. The first kappa shape index (κ1) is 17.0. The molecule has 3 heterocycles. The quantitative estimate of drug-likeness (QED) is 0.317. The lowest BCUT2D eigenvalue weighted by Gasteiger charge is -2.18. The molecule has 0 N–H and O–H groups in total. The molecule has 1 aromatic carbocycles. The number of halogens is 1. The van der Waals surface area contributed by atoms with Gasteiger partial charge >= 0.3 is 0 Å². The normalized spacial score (nSPS) is 17.3. The van der Waals surface area contributed by atoms with Gasteiger partial charge in [-0.15, -0.1) is 23.7 Å². The second-order valence-electron chi connectivity index (χ2n) is 7.66. The first-order valence-corrected chi connectivity index (χ1v) is 10.2. The summed E-state index contributed by atoms with van der Waals surface area (Å²) in [4.78, 5) is 7.90. The molecule has 4 heteroatoms. The number of pyridine rings is 1. The average Bonchev–Trinajstić information content (AvgIpc) is 3.36. The molecule has 1 unspecified atom stereocenters. The monoisotopic (exact) mass is 393 g/mol. The Morgan fingerprint density at radius 3 is 2.85 bits per heavy atom. The van der Waals surface area contributed by atoms with Gasteiger partial charge in [0.2, 0.25) is 0 Å². The summed E-state index contributed by atoms with van der Waals surface area (Å²) in [6.45, 7) is 2.37. The first-order chi connectivity index (χ1) is 12.8. The Balaban J connectivity index is 0.00000160. The van der Waals surface area contributed by atoms with E-state index < -0.39 is 0 Å². The number of hydrogen-bond donors (Lipinski definition) is 0. The summed E-state index contributed by atoms with van der Waals surface area (Å²) in [5.74, 6) is 1.76. The van der Waals surface area contributed by atoms with Gasteiger partial charge in [-0.2, -0.15) is 0 Å². The maximum absolute atomic E-state index is 5.91. The van der Waals surface area contributed by atoms with Crippen molar-refractivity contribution in [3.63, 3.8) is 0 Å². The third-order valence-electron chi connectivity index (χ3n) is 5.95. The van der Waals surface area contributed by atoms with E-state index in [0.29, 0.717) is 0 Å². The van der Waals surface area contributed by atoms with E-state index in [1.54, 1.807) is 6.26 Å². The standard InChI is InChI=1S/C23H19NOS.ClH/c1-13-8-9-16-19(11-13)26-23-21(16)20(18-7-4-10-25-18)17-12-14-5-2-3-6-15(14)22(17)24-23;/h2-7,10,13H,8-9,11-12H2,1H3;1H. The third kappa shape index (κ3) is 2.41. The van der Waals surface area contributed by atoms with E-state index in [0.717, 1.165) is 30.2 Å². The molecule has 0 amide bonds. The number of fused-ring (bicyclic) bond motifs is 6. The van der Waals surface area contributed by atoms with Crippen LogP contribution in [0.4, 0.5) is 0 Å². The van der Waals surface area contributed by atoms with E-state index in [4.69, 9.17) is 9.40 Å². The molecule has 1 atom stereocenters. The van der Waals surface area contributed by atoms with Gasteiger partial charge in [-0.25, -0.2) is 4.98 Å². The van der Waals surface area contributed by atoms with Crippen LogP contribution in [0, 0.1) is 5.92 Å². The summed E-state index contributed by atoms with van der Waals surface area (Å²) < 4.78 is 5.91. The number of rotatable bonds is 1. The van der Waals surface area contributed by atoms with Crippen LogP contribution in [-0.4, -0.2) is 4.98 Å². The lowest BCUT2D eigenvalue weighted by molar-refractivity contribution is 0.509. The number of nitrogens with zero attached hydrogens (tertiary/aromatic N) is 1. The third-order valence-corrected chi connectivity index (χ3v) is 7.10. The second kappa shape index (κ2) is 6.22. The van der Waals surface area contributed by atoms with Crippen LogP contribution in [0.25, 0.3) is 32.8 Å². The van der Waals surface area contributed by atoms with Crippen LogP contribution in [-0.2, 0) is 19.3 Å². The number of hydrogen-bond acceptors (Lipinski definition) is 3. The van der Waals surface area contributed by atoms with E-state index in [1.165, 1.54) is 55.8 Å². The Morgan fingerprint density at radius 2 is 2.00 bits per heavy atom. The molecule has 0 fully saturated rings. The highest BCUT2D eigenvalue weighted by Crippen LogP contribution is 2.48. The molecule has 0 aliphatic heterocycles. The maximum Gasteiger partial charge on any atom is 0.134 e. The molecule has 4 aromatic rings. The van der Waals surface area contributed by atoms with Gasteiger partial charge in [-0.1, -0.05) is 31.2 Å². The molecular weight excluding hydrogens is 374 g/mol. The molecule has 2 aliphatic rings. The SMILES string of the molecule is CC1CCc2c(sc3nc4c(c(-c5ccco5)c23)Cc2ccccc2-4)C1.Cl. The Bertz CT molecular complexity index is 1160. The average molecular weight is 394 g/mol. The molecule has 0 spiro atoms. The highest BCUT2D eigenvalue weighted by molar-refractivity contribution is 7.19. The Morgan fingerprint density at radius 1 is 1.11 bits per heavy atom. The van der Waals surface area contributed by atoms with E-state index >= 15 is 0 Å². The molecular formula is C23H20ClNOS. The zero-order chi connectivity index (χ0) is 17.3. The lowest BCUT2D eigenvalue weighted by atomic mass is 9.87. The molecule has 6 rings (SSSR count). The topological polar surface area (TPSA) is 26.0 Å². The lowest BCUT2D eigenvalue weighted by Crippen LogP contribution is -2.08. The molecule has 2 aliphatic carbocycles. The van der Waals surface area contributed by atoms with E-state index in [2.05, 4.69) is 37.3 Å². The summed E-state index contributed by atoms with van der Waals surface area (Å²) in [5, 5.41) is 1.36. The van der Waals surface area contributed by atoms with Gasteiger partial charge in [0.1, 0.15) is 10.6 Å². The summed E-state index contributed by atoms with van der Waals surface area (Å²) in [6, 6.07) is 12.8. The molecule has 2 nitrogen and oxygen atoms in total. The van der Waals surface area contributed by atoms with Gasteiger partial charge in [0.25, 0.3) is 0 Å². The number of aryl methyl sites for hydroxylation is 1. The van der Waals surface area contributed by atoms with Crippen molar-refractivity contribution in [1.82, 2.24) is 4.98 Å². The Kier molecular flexibility index (Phi) is 3.92. The highest BCUT2D eigenvalue weighted by Gasteiger charge is 2.30. The summed E-state index contributed by atoms with van der Waals surface area (Å²) in [7, 11) is 0.